The number of amides is 2. The zero-order chi connectivity index (χ0) is 15.3. The van der Waals surface area contributed by atoms with Gasteiger partial charge in [0.2, 0.25) is 0 Å². The maximum absolute atomic E-state index is 12.3. The Morgan fingerprint density at radius 3 is 2.45 bits per heavy atom. The predicted molar refractivity (Wildman–Crippen MR) is 74.4 cm³/mol. The third-order valence-electron chi connectivity index (χ3n) is 2.70. The van der Waals surface area contributed by atoms with Gasteiger partial charge in [0.05, 0.1) is 6.54 Å². The van der Waals surface area contributed by atoms with Crippen molar-refractivity contribution in [1.82, 2.24) is 9.80 Å². The van der Waals surface area contributed by atoms with E-state index < -0.39 is 5.97 Å². The molecule has 1 aromatic heterocycles. The predicted octanol–water partition coefficient (Wildman–Crippen LogP) is 2.18. The molecule has 2 amide bonds. The van der Waals surface area contributed by atoms with Crippen LogP contribution in [-0.4, -0.2) is 47.0 Å². The largest absolute Gasteiger partial charge is 0.480 e. The molecule has 112 valence electrons. The monoisotopic (exact) mass is 282 g/mol. The molecule has 20 heavy (non-hydrogen) atoms. The Balaban J connectivity index is 2.69. The summed E-state index contributed by atoms with van der Waals surface area (Å²) in [6, 6.07) is 3.33. The molecule has 0 spiro atoms. The van der Waals surface area contributed by atoms with Crippen molar-refractivity contribution < 1.29 is 19.1 Å². The van der Waals surface area contributed by atoms with Crippen LogP contribution in [0.25, 0.3) is 0 Å². The number of rotatable bonds is 6. The van der Waals surface area contributed by atoms with Crippen molar-refractivity contribution >= 4 is 12.0 Å². The van der Waals surface area contributed by atoms with Crippen LogP contribution in [0.5, 0.6) is 0 Å². The van der Waals surface area contributed by atoms with Crippen molar-refractivity contribution in [2.75, 3.05) is 20.1 Å². The second-order valence-corrected chi connectivity index (χ2v) is 5.32. The van der Waals surface area contributed by atoms with E-state index in [9.17, 15) is 9.59 Å². The molecular formula is C14H22N2O4. The van der Waals surface area contributed by atoms with Crippen LogP contribution in [0.1, 0.15) is 25.4 Å². The van der Waals surface area contributed by atoms with Crippen molar-refractivity contribution in [3.8, 4) is 0 Å². The number of hydrogen-bond acceptors (Lipinski definition) is 3. The second kappa shape index (κ2) is 6.98. The van der Waals surface area contributed by atoms with Gasteiger partial charge in [0.15, 0.2) is 0 Å². The van der Waals surface area contributed by atoms with Gasteiger partial charge >= 0.3 is 12.0 Å². The SMILES string of the molecule is Cc1ccc(CN(C)C(=O)N(CC(=O)O)CC(C)C)o1. The Hall–Kier alpha value is -1.98. The van der Waals surface area contributed by atoms with E-state index in [1.54, 1.807) is 7.05 Å². The third kappa shape index (κ3) is 4.95. The van der Waals surface area contributed by atoms with Crippen LogP contribution in [0.3, 0.4) is 0 Å². The van der Waals surface area contributed by atoms with Crippen molar-refractivity contribution in [1.29, 1.82) is 0 Å². The fourth-order valence-corrected chi connectivity index (χ4v) is 1.93. The molecule has 1 aromatic rings. The van der Waals surface area contributed by atoms with E-state index in [0.717, 1.165) is 5.76 Å². The first kappa shape index (κ1) is 16.1. The molecule has 0 aliphatic carbocycles. The lowest BCUT2D eigenvalue weighted by Gasteiger charge is -2.27. The second-order valence-electron chi connectivity index (χ2n) is 5.32. The highest BCUT2D eigenvalue weighted by molar-refractivity contribution is 5.80. The normalized spacial score (nSPS) is 10.7. The zero-order valence-electron chi connectivity index (χ0n) is 12.4. The molecule has 0 aromatic carbocycles. The number of carboxylic acid groups (broad SMARTS) is 1. The fourth-order valence-electron chi connectivity index (χ4n) is 1.93. The van der Waals surface area contributed by atoms with Crippen molar-refractivity contribution in [2.24, 2.45) is 5.92 Å². The van der Waals surface area contributed by atoms with Crippen LogP contribution >= 0.6 is 0 Å². The van der Waals surface area contributed by atoms with Crippen LogP contribution < -0.4 is 0 Å². The van der Waals surface area contributed by atoms with Crippen LogP contribution in [0.4, 0.5) is 4.79 Å². The van der Waals surface area contributed by atoms with Crippen molar-refractivity contribution in [3.05, 3.63) is 23.7 Å². The zero-order valence-corrected chi connectivity index (χ0v) is 12.4. The molecule has 1 N–H and O–H groups in total. The lowest BCUT2D eigenvalue weighted by molar-refractivity contribution is -0.137. The van der Waals surface area contributed by atoms with Gasteiger partial charge in [-0.25, -0.2) is 4.79 Å². The molecule has 6 nitrogen and oxygen atoms in total. The summed E-state index contributed by atoms with van der Waals surface area (Å²) < 4.78 is 5.42. The topological polar surface area (TPSA) is 74.0 Å². The molecule has 0 atom stereocenters. The molecule has 0 bridgehead atoms. The lowest BCUT2D eigenvalue weighted by atomic mass is 10.2. The minimum atomic E-state index is -1.01. The third-order valence-corrected chi connectivity index (χ3v) is 2.70. The Labute approximate surface area is 119 Å². The maximum atomic E-state index is 12.3. The number of hydrogen-bond donors (Lipinski definition) is 1. The number of furan rings is 1. The minimum Gasteiger partial charge on any atom is -0.480 e. The van der Waals surface area contributed by atoms with Crippen LogP contribution in [-0.2, 0) is 11.3 Å². The summed E-state index contributed by atoms with van der Waals surface area (Å²) in [5.41, 5.74) is 0. The molecule has 1 heterocycles. The first-order valence-electron chi connectivity index (χ1n) is 6.56. The van der Waals surface area contributed by atoms with Crippen molar-refractivity contribution in [2.45, 2.75) is 27.3 Å². The van der Waals surface area contributed by atoms with Crippen molar-refractivity contribution in [3.63, 3.8) is 0 Å². The summed E-state index contributed by atoms with van der Waals surface area (Å²) in [7, 11) is 1.63. The molecule has 1 rings (SSSR count). The first-order chi connectivity index (χ1) is 9.29. The van der Waals surface area contributed by atoms with E-state index in [0.29, 0.717) is 18.8 Å². The number of urea groups is 1. The molecule has 0 saturated heterocycles. The smallest absolute Gasteiger partial charge is 0.323 e. The maximum Gasteiger partial charge on any atom is 0.323 e. The van der Waals surface area contributed by atoms with Gasteiger partial charge in [-0.15, -0.1) is 0 Å². The summed E-state index contributed by atoms with van der Waals surface area (Å²) in [5.74, 6) is 0.655. The van der Waals surface area contributed by atoms with E-state index in [4.69, 9.17) is 9.52 Å². The van der Waals surface area contributed by atoms with Gasteiger partial charge < -0.3 is 19.3 Å². The van der Waals surface area contributed by atoms with Gasteiger partial charge in [-0.05, 0) is 25.0 Å². The molecule has 0 fully saturated rings. The van der Waals surface area contributed by atoms with Gasteiger partial charge in [-0.1, -0.05) is 13.8 Å². The van der Waals surface area contributed by atoms with Gasteiger partial charge in [-0.3, -0.25) is 4.79 Å². The Kier molecular flexibility index (Phi) is 5.61. The Morgan fingerprint density at radius 1 is 1.35 bits per heavy atom. The molecular weight excluding hydrogens is 260 g/mol. The molecule has 0 aliphatic rings. The number of nitrogens with zero attached hydrogens (tertiary/aromatic N) is 2. The summed E-state index contributed by atoms with van der Waals surface area (Å²) in [5, 5.41) is 8.89. The van der Waals surface area contributed by atoms with E-state index >= 15 is 0 Å². The molecule has 0 saturated carbocycles. The number of aryl methyl sites for hydroxylation is 1. The highest BCUT2D eigenvalue weighted by atomic mass is 16.4. The van der Waals surface area contributed by atoms with Gasteiger partial charge in [-0.2, -0.15) is 0 Å². The summed E-state index contributed by atoms with van der Waals surface area (Å²) >= 11 is 0. The van der Waals surface area contributed by atoms with Crippen LogP contribution in [0.15, 0.2) is 16.5 Å². The average molecular weight is 282 g/mol. The van der Waals surface area contributed by atoms with E-state index in [1.165, 1.54) is 9.80 Å². The molecule has 6 heteroatoms. The van der Waals surface area contributed by atoms with Gasteiger partial charge in [0, 0.05) is 13.6 Å². The molecule has 0 unspecified atom stereocenters. The van der Waals surface area contributed by atoms with Crippen LogP contribution in [0.2, 0.25) is 0 Å². The van der Waals surface area contributed by atoms with Gasteiger partial charge in [0.25, 0.3) is 0 Å². The Bertz CT molecular complexity index is 467. The quantitative estimate of drug-likeness (QED) is 0.868. The molecule has 0 radical (unpaired) electrons. The summed E-state index contributed by atoms with van der Waals surface area (Å²) in [4.78, 5) is 25.9. The highest BCUT2D eigenvalue weighted by Crippen LogP contribution is 2.11. The minimum absolute atomic E-state index is 0.206. The van der Waals surface area contributed by atoms with E-state index in [1.807, 2.05) is 32.9 Å². The van der Waals surface area contributed by atoms with Gasteiger partial charge in [0.1, 0.15) is 18.1 Å². The summed E-state index contributed by atoms with van der Waals surface area (Å²) in [6.45, 7) is 6.16. The summed E-state index contributed by atoms with van der Waals surface area (Å²) in [6.07, 6.45) is 0. The lowest BCUT2D eigenvalue weighted by Crippen LogP contribution is -2.45. The number of aliphatic carboxylic acids is 1. The number of carboxylic acids is 1. The van der Waals surface area contributed by atoms with E-state index in [-0.39, 0.29) is 18.5 Å². The standard InChI is InChI=1S/C14H22N2O4/c1-10(2)7-16(9-13(17)18)14(19)15(4)8-12-6-5-11(3)20-12/h5-6,10H,7-9H2,1-4H3,(H,17,18). The fraction of sp³-hybridized carbons (Fsp3) is 0.571. The average Bonchev–Trinajstić information content (AvgIpc) is 2.71. The first-order valence-corrected chi connectivity index (χ1v) is 6.56. The highest BCUT2D eigenvalue weighted by Gasteiger charge is 2.22. The number of carbonyl (C=O) groups excluding carboxylic acids is 1. The van der Waals surface area contributed by atoms with Crippen LogP contribution in [0, 0.1) is 12.8 Å². The Morgan fingerprint density at radius 2 is 2.00 bits per heavy atom. The molecule has 0 aliphatic heterocycles. The number of carbonyl (C=O) groups is 2. The van der Waals surface area contributed by atoms with E-state index in [2.05, 4.69) is 0 Å².